The SMILES string of the molecule is O=S(=O)(/C=C/c1ccccc1)NC1CCCCCC1. The Kier molecular flexibility index (Phi) is 5.16. The minimum absolute atomic E-state index is 0.105. The van der Waals surface area contributed by atoms with Crippen LogP contribution in [0.2, 0.25) is 0 Å². The van der Waals surface area contributed by atoms with E-state index in [2.05, 4.69) is 4.72 Å². The van der Waals surface area contributed by atoms with Gasteiger partial charge in [0.2, 0.25) is 10.0 Å². The molecule has 0 radical (unpaired) electrons. The Hall–Kier alpha value is -1.13. The van der Waals surface area contributed by atoms with E-state index in [1.165, 1.54) is 18.2 Å². The van der Waals surface area contributed by atoms with Crippen molar-refractivity contribution in [2.24, 2.45) is 0 Å². The van der Waals surface area contributed by atoms with Crippen molar-refractivity contribution in [2.75, 3.05) is 0 Å². The van der Waals surface area contributed by atoms with Crippen molar-refractivity contribution < 1.29 is 8.42 Å². The molecule has 0 saturated heterocycles. The molecule has 104 valence electrons. The van der Waals surface area contributed by atoms with E-state index < -0.39 is 10.0 Å². The standard InChI is InChI=1S/C15H21NO2S/c17-19(18,13-12-14-8-4-3-5-9-14)16-15-10-6-1-2-7-11-15/h3-5,8-9,12-13,15-16H,1-2,6-7,10-11H2/b13-12+. The van der Waals surface area contributed by atoms with Crippen LogP contribution in [0.1, 0.15) is 44.1 Å². The molecule has 0 heterocycles. The molecular weight excluding hydrogens is 258 g/mol. The summed E-state index contributed by atoms with van der Waals surface area (Å²) in [6.07, 6.45) is 8.23. The fourth-order valence-electron chi connectivity index (χ4n) is 2.40. The summed E-state index contributed by atoms with van der Waals surface area (Å²) in [5.74, 6) is 0. The first-order chi connectivity index (χ1) is 9.16. The Bertz CT molecular complexity index is 500. The zero-order valence-electron chi connectivity index (χ0n) is 11.1. The molecule has 0 aromatic heterocycles. The zero-order chi connectivity index (χ0) is 13.6. The zero-order valence-corrected chi connectivity index (χ0v) is 11.9. The van der Waals surface area contributed by atoms with E-state index in [1.54, 1.807) is 6.08 Å². The second-order valence-corrected chi connectivity index (χ2v) is 6.66. The van der Waals surface area contributed by atoms with Crippen molar-refractivity contribution in [3.63, 3.8) is 0 Å². The number of hydrogen-bond acceptors (Lipinski definition) is 2. The number of benzene rings is 1. The predicted octanol–water partition coefficient (Wildman–Crippen LogP) is 3.30. The maximum absolute atomic E-state index is 12.0. The van der Waals surface area contributed by atoms with E-state index in [0.29, 0.717) is 0 Å². The summed E-state index contributed by atoms with van der Waals surface area (Å²) >= 11 is 0. The molecule has 0 bridgehead atoms. The second kappa shape index (κ2) is 6.87. The van der Waals surface area contributed by atoms with E-state index in [1.807, 2.05) is 30.3 Å². The van der Waals surface area contributed by atoms with Crippen molar-refractivity contribution >= 4 is 16.1 Å². The van der Waals surface area contributed by atoms with Gasteiger partial charge in [-0.15, -0.1) is 0 Å². The van der Waals surface area contributed by atoms with Crippen LogP contribution in [0.3, 0.4) is 0 Å². The van der Waals surface area contributed by atoms with Crippen LogP contribution >= 0.6 is 0 Å². The molecule has 19 heavy (non-hydrogen) atoms. The van der Waals surface area contributed by atoms with Gasteiger partial charge in [-0.3, -0.25) is 0 Å². The molecule has 0 aliphatic heterocycles. The van der Waals surface area contributed by atoms with Crippen LogP contribution in [0.5, 0.6) is 0 Å². The van der Waals surface area contributed by atoms with Crippen LogP contribution in [-0.2, 0) is 10.0 Å². The summed E-state index contributed by atoms with van der Waals surface area (Å²) in [6.45, 7) is 0. The molecule has 0 unspecified atom stereocenters. The molecule has 1 saturated carbocycles. The molecule has 1 N–H and O–H groups in total. The Balaban J connectivity index is 1.96. The molecule has 4 heteroatoms. The van der Waals surface area contributed by atoms with Crippen LogP contribution < -0.4 is 4.72 Å². The molecule has 0 atom stereocenters. The van der Waals surface area contributed by atoms with Crippen LogP contribution in [-0.4, -0.2) is 14.5 Å². The lowest BCUT2D eigenvalue weighted by Gasteiger charge is -2.14. The van der Waals surface area contributed by atoms with Crippen molar-refractivity contribution in [2.45, 2.75) is 44.6 Å². The van der Waals surface area contributed by atoms with Gasteiger partial charge in [-0.2, -0.15) is 0 Å². The van der Waals surface area contributed by atoms with Gasteiger partial charge in [-0.05, 0) is 24.5 Å². The third kappa shape index (κ3) is 5.17. The first kappa shape index (κ1) is 14.3. The second-order valence-electron chi connectivity index (χ2n) is 5.06. The minimum atomic E-state index is -3.33. The van der Waals surface area contributed by atoms with E-state index in [4.69, 9.17) is 0 Å². The van der Waals surface area contributed by atoms with Gasteiger partial charge in [-0.1, -0.05) is 56.0 Å². The van der Waals surface area contributed by atoms with Gasteiger partial charge in [0.15, 0.2) is 0 Å². The van der Waals surface area contributed by atoms with E-state index >= 15 is 0 Å². The average Bonchev–Trinajstić information content (AvgIpc) is 2.66. The van der Waals surface area contributed by atoms with Gasteiger partial charge >= 0.3 is 0 Å². The van der Waals surface area contributed by atoms with Gasteiger partial charge in [-0.25, -0.2) is 13.1 Å². The van der Waals surface area contributed by atoms with Crippen molar-refractivity contribution in [3.8, 4) is 0 Å². The van der Waals surface area contributed by atoms with Crippen LogP contribution in [0.4, 0.5) is 0 Å². The van der Waals surface area contributed by atoms with Gasteiger partial charge in [0, 0.05) is 11.4 Å². The summed E-state index contributed by atoms with van der Waals surface area (Å²) in [7, 11) is -3.33. The van der Waals surface area contributed by atoms with Gasteiger partial charge < -0.3 is 0 Å². The highest BCUT2D eigenvalue weighted by atomic mass is 32.2. The molecule has 1 aromatic carbocycles. The molecule has 1 fully saturated rings. The highest BCUT2D eigenvalue weighted by Crippen LogP contribution is 2.18. The first-order valence-corrected chi connectivity index (χ1v) is 8.46. The number of hydrogen-bond donors (Lipinski definition) is 1. The van der Waals surface area contributed by atoms with Gasteiger partial charge in [0.25, 0.3) is 0 Å². The monoisotopic (exact) mass is 279 g/mol. The number of nitrogens with one attached hydrogen (secondary N) is 1. The molecule has 3 nitrogen and oxygen atoms in total. The molecule has 1 aliphatic rings. The number of sulfonamides is 1. The Morgan fingerprint density at radius 1 is 1.00 bits per heavy atom. The fourth-order valence-corrected chi connectivity index (χ4v) is 3.52. The topological polar surface area (TPSA) is 46.2 Å². The summed E-state index contributed by atoms with van der Waals surface area (Å²) in [5.41, 5.74) is 0.897. The summed E-state index contributed by atoms with van der Waals surface area (Å²) in [5, 5.41) is 1.27. The van der Waals surface area contributed by atoms with Gasteiger partial charge in [0.05, 0.1) is 0 Å². The molecule has 1 aliphatic carbocycles. The van der Waals surface area contributed by atoms with Crippen LogP contribution in [0, 0.1) is 0 Å². The minimum Gasteiger partial charge on any atom is -0.209 e. The third-order valence-electron chi connectivity index (χ3n) is 3.43. The van der Waals surface area contributed by atoms with Crippen molar-refractivity contribution in [1.29, 1.82) is 0 Å². The lowest BCUT2D eigenvalue weighted by molar-refractivity contribution is 0.515. The third-order valence-corrected chi connectivity index (χ3v) is 4.58. The first-order valence-electron chi connectivity index (χ1n) is 6.91. The molecule has 1 aromatic rings. The molecule has 2 rings (SSSR count). The fraction of sp³-hybridized carbons (Fsp3) is 0.467. The Morgan fingerprint density at radius 3 is 2.26 bits per heavy atom. The van der Waals surface area contributed by atoms with Crippen molar-refractivity contribution in [3.05, 3.63) is 41.3 Å². The lowest BCUT2D eigenvalue weighted by atomic mass is 10.1. The highest BCUT2D eigenvalue weighted by Gasteiger charge is 2.16. The predicted molar refractivity (Wildman–Crippen MR) is 79.0 cm³/mol. The summed E-state index contributed by atoms with van der Waals surface area (Å²) in [6, 6.07) is 9.58. The Morgan fingerprint density at radius 2 is 1.63 bits per heavy atom. The quantitative estimate of drug-likeness (QED) is 0.860. The van der Waals surface area contributed by atoms with Gasteiger partial charge in [0.1, 0.15) is 0 Å². The molecule has 0 amide bonds. The van der Waals surface area contributed by atoms with E-state index in [9.17, 15) is 8.42 Å². The largest absolute Gasteiger partial charge is 0.233 e. The van der Waals surface area contributed by atoms with Crippen molar-refractivity contribution in [1.82, 2.24) is 4.72 Å². The van der Waals surface area contributed by atoms with E-state index in [-0.39, 0.29) is 6.04 Å². The molecular formula is C15H21NO2S. The highest BCUT2D eigenvalue weighted by molar-refractivity contribution is 7.92. The summed E-state index contributed by atoms with van der Waals surface area (Å²) in [4.78, 5) is 0. The maximum atomic E-state index is 12.0. The Labute approximate surface area is 115 Å². The number of rotatable bonds is 4. The molecule has 0 spiro atoms. The van der Waals surface area contributed by atoms with E-state index in [0.717, 1.165) is 31.2 Å². The normalized spacial score (nSPS) is 18.5. The average molecular weight is 279 g/mol. The lowest BCUT2D eigenvalue weighted by Crippen LogP contribution is -2.32. The smallest absolute Gasteiger partial charge is 0.209 e. The van der Waals surface area contributed by atoms with Crippen LogP contribution in [0.25, 0.3) is 6.08 Å². The maximum Gasteiger partial charge on any atom is 0.233 e. The summed E-state index contributed by atoms with van der Waals surface area (Å²) < 4.78 is 26.8. The van der Waals surface area contributed by atoms with Crippen LogP contribution in [0.15, 0.2) is 35.7 Å².